The molecule has 5 heteroatoms. The topological polar surface area (TPSA) is 45.5 Å². The largest absolute Gasteiger partial charge is 0.455 e. The van der Waals surface area contributed by atoms with E-state index in [0.29, 0.717) is 27.9 Å². The van der Waals surface area contributed by atoms with Crippen molar-refractivity contribution in [2.45, 2.75) is 13.0 Å². The van der Waals surface area contributed by atoms with Gasteiger partial charge in [0.15, 0.2) is 0 Å². The van der Waals surface area contributed by atoms with Gasteiger partial charge in [0.25, 0.3) is 5.91 Å². The predicted molar refractivity (Wildman–Crippen MR) is 144 cm³/mol. The summed E-state index contributed by atoms with van der Waals surface area (Å²) in [4.78, 5) is 15.3. The van der Waals surface area contributed by atoms with Gasteiger partial charge in [0.1, 0.15) is 17.2 Å². The first-order valence-corrected chi connectivity index (χ1v) is 11.9. The van der Waals surface area contributed by atoms with E-state index in [0.717, 1.165) is 16.8 Å². The fraction of sp³-hybridized carbons (Fsp3) is 0.129. The number of carbonyl (C=O) groups excluding carboxylic acids is 1. The van der Waals surface area contributed by atoms with Crippen LogP contribution in [0.25, 0.3) is 33.4 Å². The normalized spacial score (nSPS) is 11.9. The molecule has 0 saturated heterocycles. The summed E-state index contributed by atoms with van der Waals surface area (Å²) < 4.78 is 19.9. The highest BCUT2D eigenvalue weighted by atomic mass is 19.1. The number of hydrogen-bond acceptors (Lipinski definition) is 3. The van der Waals surface area contributed by atoms with Crippen molar-refractivity contribution >= 4 is 22.6 Å². The number of furan rings is 1. The summed E-state index contributed by atoms with van der Waals surface area (Å²) in [5.74, 6) is -0.188. The van der Waals surface area contributed by atoms with E-state index < -0.39 is 0 Å². The molecule has 1 aromatic heterocycles. The van der Waals surface area contributed by atoms with Crippen molar-refractivity contribution in [1.29, 1.82) is 0 Å². The first-order valence-electron chi connectivity index (χ1n) is 11.9. The van der Waals surface area contributed by atoms with Gasteiger partial charge in [0.05, 0.1) is 11.6 Å². The van der Waals surface area contributed by atoms with Crippen molar-refractivity contribution < 1.29 is 13.6 Å². The van der Waals surface area contributed by atoms with Crippen LogP contribution in [0.15, 0.2) is 101 Å². The summed E-state index contributed by atoms with van der Waals surface area (Å²) in [6.45, 7) is 2.16. The van der Waals surface area contributed by atoms with E-state index in [4.69, 9.17) is 4.42 Å². The third kappa shape index (κ3) is 4.24. The molecule has 0 saturated carbocycles. The van der Waals surface area contributed by atoms with Crippen LogP contribution in [0.3, 0.4) is 0 Å². The third-order valence-corrected chi connectivity index (χ3v) is 6.69. The zero-order valence-corrected chi connectivity index (χ0v) is 20.5. The molecule has 5 aromatic rings. The summed E-state index contributed by atoms with van der Waals surface area (Å²) in [6.07, 6.45) is 0. The van der Waals surface area contributed by atoms with Crippen LogP contribution < -0.4 is 10.2 Å². The first kappa shape index (κ1) is 23.4. The van der Waals surface area contributed by atoms with Gasteiger partial charge >= 0.3 is 0 Å². The molecular formula is C31H27FN2O2. The summed E-state index contributed by atoms with van der Waals surface area (Å²) in [5.41, 5.74) is 5.86. The molecule has 5 rings (SSSR count). The van der Waals surface area contributed by atoms with E-state index in [1.165, 1.54) is 17.7 Å². The molecule has 180 valence electrons. The number of amides is 1. The molecule has 0 spiro atoms. The van der Waals surface area contributed by atoms with Gasteiger partial charge in [-0.05, 0) is 48.4 Å². The molecule has 36 heavy (non-hydrogen) atoms. The zero-order valence-electron chi connectivity index (χ0n) is 20.5. The van der Waals surface area contributed by atoms with Gasteiger partial charge in [-0.15, -0.1) is 0 Å². The van der Waals surface area contributed by atoms with Gasteiger partial charge in [-0.25, -0.2) is 4.39 Å². The Labute approximate surface area is 210 Å². The van der Waals surface area contributed by atoms with Crippen LogP contribution in [0.4, 0.5) is 10.1 Å². The molecule has 0 aliphatic carbocycles. The fourth-order valence-corrected chi connectivity index (χ4v) is 4.59. The minimum Gasteiger partial charge on any atom is -0.455 e. The average molecular weight is 479 g/mol. The quantitative estimate of drug-likeness (QED) is 0.275. The lowest BCUT2D eigenvalue weighted by molar-refractivity contribution is 0.0964. The number of benzene rings is 4. The van der Waals surface area contributed by atoms with Crippen LogP contribution in [0.2, 0.25) is 0 Å². The summed E-state index contributed by atoms with van der Waals surface area (Å²) in [5, 5.41) is 3.44. The van der Waals surface area contributed by atoms with Crippen molar-refractivity contribution in [1.82, 2.24) is 5.32 Å². The number of rotatable bonds is 6. The number of hydrogen-bond donors (Lipinski definition) is 1. The number of nitrogens with one attached hydrogen (secondary N) is 1. The van der Waals surface area contributed by atoms with Gasteiger partial charge in [-0.1, -0.05) is 60.7 Å². The van der Waals surface area contributed by atoms with Crippen LogP contribution in [-0.2, 0) is 0 Å². The number of carbonyl (C=O) groups is 1. The van der Waals surface area contributed by atoms with E-state index >= 15 is 0 Å². The van der Waals surface area contributed by atoms with E-state index in [-0.39, 0.29) is 17.8 Å². The molecule has 0 radical (unpaired) electrons. The molecule has 1 heterocycles. The van der Waals surface area contributed by atoms with Gasteiger partial charge in [0, 0.05) is 42.4 Å². The van der Waals surface area contributed by atoms with Crippen LogP contribution in [0.5, 0.6) is 0 Å². The van der Waals surface area contributed by atoms with Crippen molar-refractivity contribution in [2.75, 3.05) is 19.0 Å². The molecule has 4 nitrogen and oxygen atoms in total. The summed E-state index contributed by atoms with van der Waals surface area (Å²) in [6, 6.07) is 30.5. The third-order valence-electron chi connectivity index (χ3n) is 6.69. The Morgan fingerprint density at radius 1 is 0.889 bits per heavy atom. The maximum atomic E-state index is 13.6. The van der Waals surface area contributed by atoms with Crippen LogP contribution in [-0.4, -0.2) is 20.0 Å². The lowest BCUT2D eigenvalue weighted by atomic mass is 9.97. The van der Waals surface area contributed by atoms with Gasteiger partial charge in [0.2, 0.25) is 0 Å². The second-order valence-electron chi connectivity index (χ2n) is 8.82. The van der Waals surface area contributed by atoms with Crippen LogP contribution in [0.1, 0.15) is 28.9 Å². The maximum absolute atomic E-state index is 13.6. The van der Waals surface area contributed by atoms with E-state index in [2.05, 4.69) is 48.5 Å². The molecule has 0 fully saturated rings. The highest BCUT2D eigenvalue weighted by Crippen LogP contribution is 2.42. The minimum absolute atomic E-state index is 0.0936. The van der Waals surface area contributed by atoms with Crippen LogP contribution >= 0.6 is 0 Å². The molecule has 1 unspecified atom stereocenters. The Kier molecular flexibility index (Phi) is 6.30. The van der Waals surface area contributed by atoms with Crippen molar-refractivity contribution in [3.8, 4) is 22.5 Å². The predicted octanol–water partition coefficient (Wildman–Crippen LogP) is 7.46. The molecule has 1 atom stereocenters. The molecule has 1 amide bonds. The van der Waals surface area contributed by atoms with E-state index in [1.54, 1.807) is 19.2 Å². The average Bonchev–Trinajstić information content (AvgIpc) is 3.31. The van der Waals surface area contributed by atoms with Gasteiger partial charge in [-0.3, -0.25) is 4.79 Å². The Bertz CT molecular complexity index is 1510. The summed E-state index contributed by atoms with van der Waals surface area (Å²) in [7, 11) is 3.66. The Hall–Kier alpha value is -4.38. The lowest BCUT2D eigenvalue weighted by Gasteiger charge is -2.29. The number of nitrogens with zero attached hydrogens (tertiary/aromatic N) is 1. The number of anilines is 1. The van der Waals surface area contributed by atoms with Crippen LogP contribution in [0, 0.1) is 5.82 Å². The van der Waals surface area contributed by atoms with E-state index in [1.807, 2.05) is 48.5 Å². The standard InChI is InChI=1S/C31H27FN2O2/c1-20(21-10-6-4-7-11-21)34(3)27-19-28-26(18-25(27)22-12-8-5-9-13-22)29(31(35)33-2)30(36-28)23-14-16-24(32)17-15-23/h4-20H,1-3H3,(H,33,35). The van der Waals surface area contributed by atoms with Crippen molar-refractivity contribution in [2.24, 2.45) is 0 Å². The van der Waals surface area contributed by atoms with Gasteiger partial charge in [-0.2, -0.15) is 0 Å². The number of fused-ring (bicyclic) bond motifs is 1. The second kappa shape index (κ2) is 9.70. The highest BCUT2D eigenvalue weighted by molar-refractivity contribution is 6.12. The monoisotopic (exact) mass is 478 g/mol. The Morgan fingerprint density at radius 3 is 2.17 bits per heavy atom. The maximum Gasteiger partial charge on any atom is 0.255 e. The smallest absolute Gasteiger partial charge is 0.255 e. The first-order chi connectivity index (χ1) is 17.5. The molecular weight excluding hydrogens is 451 g/mol. The molecule has 1 N–H and O–H groups in total. The molecule has 4 aromatic carbocycles. The SMILES string of the molecule is CNC(=O)c1c(-c2ccc(F)cc2)oc2cc(N(C)C(C)c3ccccc3)c(-c3ccccc3)cc12. The Morgan fingerprint density at radius 2 is 1.53 bits per heavy atom. The molecule has 0 aliphatic rings. The zero-order chi connectivity index (χ0) is 25.2. The second-order valence-corrected chi connectivity index (χ2v) is 8.82. The molecule has 0 bridgehead atoms. The molecule has 0 aliphatic heterocycles. The minimum atomic E-state index is -0.346. The Balaban J connectivity index is 1.76. The lowest BCUT2D eigenvalue weighted by Crippen LogP contribution is -2.22. The fourth-order valence-electron chi connectivity index (χ4n) is 4.59. The number of halogens is 1. The van der Waals surface area contributed by atoms with E-state index in [9.17, 15) is 9.18 Å². The van der Waals surface area contributed by atoms with Gasteiger partial charge < -0.3 is 14.6 Å². The highest BCUT2D eigenvalue weighted by Gasteiger charge is 2.25. The van der Waals surface area contributed by atoms with Crippen molar-refractivity contribution in [3.63, 3.8) is 0 Å². The summed E-state index contributed by atoms with van der Waals surface area (Å²) >= 11 is 0. The van der Waals surface area contributed by atoms with Crippen molar-refractivity contribution in [3.05, 3.63) is 114 Å².